The van der Waals surface area contributed by atoms with Crippen LogP contribution in [-0.2, 0) is 18.4 Å². The lowest BCUT2D eigenvalue weighted by Gasteiger charge is -2.27. The second kappa shape index (κ2) is 11.1. The highest BCUT2D eigenvalue weighted by Gasteiger charge is 2.55. The van der Waals surface area contributed by atoms with Crippen molar-refractivity contribution in [2.75, 3.05) is 7.11 Å². The van der Waals surface area contributed by atoms with Crippen molar-refractivity contribution in [3.05, 3.63) is 127 Å². The Labute approximate surface area is 284 Å². The molecule has 2 aliphatic rings. The van der Waals surface area contributed by atoms with E-state index in [0.29, 0.717) is 29.1 Å². The summed E-state index contributed by atoms with van der Waals surface area (Å²) in [4.78, 5) is 47.7. The maximum absolute atomic E-state index is 14.5. The van der Waals surface area contributed by atoms with E-state index in [1.807, 2.05) is 54.6 Å². The van der Waals surface area contributed by atoms with Crippen LogP contribution in [0.2, 0.25) is 0 Å². The van der Waals surface area contributed by atoms with Crippen molar-refractivity contribution in [1.29, 1.82) is 0 Å². The van der Waals surface area contributed by atoms with Crippen LogP contribution in [0.1, 0.15) is 45.4 Å². The number of ketones is 1. The average molecular weight is 670 g/mol. The summed E-state index contributed by atoms with van der Waals surface area (Å²) >= 11 is 0. The van der Waals surface area contributed by atoms with E-state index >= 15 is 0 Å². The number of hydrogen-bond acceptors (Lipinski definition) is 9. The number of Topliss-reactive ketones (excluding diaryl/α,β-unsaturated/α-hetero) is 1. The van der Waals surface area contributed by atoms with E-state index in [1.54, 1.807) is 31.7 Å². The van der Waals surface area contributed by atoms with Crippen molar-refractivity contribution in [1.82, 2.24) is 24.3 Å². The third-order valence-electron chi connectivity index (χ3n) is 9.77. The molecule has 1 atom stereocenters. The molecule has 1 aliphatic heterocycles. The number of ether oxygens (including phenoxy) is 2. The van der Waals surface area contributed by atoms with Crippen LogP contribution >= 0.6 is 0 Å². The number of fused-ring (bicyclic) bond motifs is 5. The molecule has 6 aromatic rings. The third-order valence-corrected chi connectivity index (χ3v) is 9.77. The van der Waals surface area contributed by atoms with Gasteiger partial charge in [-0.25, -0.2) is 14.5 Å². The zero-order chi connectivity index (χ0) is 35.1. The van der Waals surface area contributed by atoms with Crippen LogP contribution in [0.5, 0.6) is 23.0 Å². The van der Waals surface area contributed by atoms with Gasteiger partial charge < -0.3 is 19.7 Å². The number of aromatic nitrogens is 5. The predicted octanol–water partition coefficient (Wildman–Crippen LogP) is 5.10. The molecule has 3 aromatic heterocycles. The van der Waals surface area contributed by atoms with Crippen LogP contribution in [-0.4, -0.2) is 47.4 Å². The molecule has 3 aromatic carbocycles. The topological polar surface area (TPSA) is 162 Å². The Balaban J connectivity index is 1.29. The van der Waals surface area contributed by atoms with Crippen molar-refractivity contribution in [2.45, 2.75) is 39.2 Å². The highest BCUT2D eigenvalue weighted by molar-refractivity contribution is 6.14. The zero-order valence-electron chi connectivity index (χ0n) is 27.6. The predicted molar refractivity (Wildman–Crippen MR) is 185 cm³/mol. The Bertz CT molecular complexity index is 2560. The Morgan fingerprint density at radius 2 is 1.68 bits per heavy atom. The van der Waals surface area contributed by atoms with Crippen molar-refractivity contribution in [3.8, 4) is 39.9 Å². The molecule has 0 saturated carbocycles. The number of rotatable bonds is 6. The number of aromatic hydroxyl groups is 2. The monoisotopic (exact) mass is 669 g/mol. The molecule has 0 unspecified atom stereocenters. The first-order valence-electron chi connectivity index (χ1n) is 16.0. The van der Waals surface area contributed by atoms with Gasteiger partial charge in [0.25, 0.3) is 5.56 Å². The average Bonchev–Trinajstić information content (AvgIpc) is 3.61. The lowest BCUT2D eigenvalue weighted by molar-refractivity contribution is 0.0905. The van der Waals surface area contributed by atoms with Crippen LogP contribution < -0.4 is 20.7 Å². The molecule has 0 spiro atoms. The van der Waals surface area contributed by atoms with Gasteiger partial charge in [-0.2, -0.15) is 5.10 Å². The fourth-order valence-electron chi connectivity index (χ4n) is 7.00. The molecule has 0 amide bonds. The molecule has 12 heteroatoms. The molecule has 4 heterocycles. The molecule has 50 heavy (non-hydrogen) atoms. The largest absolute Gasteiger partial charge is 0.507 e. The first kappa shape index (κ1) is 30.9. The summed E-state index contributed by atoms with van der Waals surface area (Å²) in [5.41, 5.74) is 1.13. The fraction of sp³-hybridized carbons (Fsp3) is 0.184. The summed E-state index contributed by atoms with van der Waals surface area (Å²) < 4.78 is 14.7. The lowest BCUT2D eigenvalue weighted by Crippen LogP contribution is -2.36. The maximum atomic E-state index is 14.5. The van der Waals surface area contributed by atoms with E-state index in [-0.39, 0.29) is 68.8 Å². The quantitative estimate of drug-likeness (QED) is 0.219. The molecular weight excluding hydrogens is 638 g/mol. The number of hydrogen-bond donors (Lipinski definition) is 3. The molecule has 3 N–H and O–H groups in total. The number of carbonyl (C=O) groups excluding carboxylic acids is 1. The van der Waals surface area contributed by atoms with Gasteiger partial charge >= 0.3 is 5.69 Å². The lowest BCUT2D eigenvalue weighted by atomic mass is 9.71. The number of para-hydroxylation sites is 1. The summed E-state index contributed by atoms with van der Waals surface area (Å²) in [5, 5.41) is 27.9. The molecule has 1 aliphatic carbocycles. The van der Waals surface area contributed by atoms with Gasteiger partial charge in [0.2, 0.25) is 0 Å². The van der Waals surface area contributed by atoms with Gasteiger partial charge in [0.15, 0.2) is 5.78 Å². The summed E-state index contributed by atoms with van der Waals surface area (Å²) in [5.74, 6) is 0.0833. The first-order valence-corrected chi connectivity index (χ1v) is 16.0. The number of aryl methyl sites for hydroxylation is 3. The van der Waals surface area contributed by atoms with E-state index in [4.69, 9.17) is 14.5 Å². The molecule has 0 saturated heterocycles. The number of nitrogens with zero attached hydrogens (tertiary/aromatic N) is 4. The summed E-state index contributed by atoms with van der Waals surface area (Å²) in [6, 6.07) is 19.9. The van der Waals surface area contributed by atoms with E-state index in [2.05, 4.69) is 10.1 Å². The van der Waals surface area contributed by atoms with Gasteiger partial charge in [0, 0.05) is 18.2 Å². The second-order valence-electron chi connectivity index (χ2n) is 12.6. The van der Waals surface area contributed by atoms with Gasteiger partial charge in [-0.15, -0.1) is 0 Å². The minimum absolute atomic E-state index is 0.0542. The highest BCUT2D eigenvalue weighted by Crippen LogP contribution is 2.60. The van der Waals surface area contributed by atoms with Crippen molar-refractivity contribution in [3.63, 3.8) is 0 Å². The van der Waals surface area contributed by atoms with Crippen molar-refractivity contribution < 1.29 is 24.5 Å². The third kappa shape index (κ3) is 4.34. The van der Waals surface area contributed by atoms with Crippen LogP contribution in [0.25, 0.3) is 34.1 Å². The molecule has 12 nitrogen and oxygen atoms in total. The number of allylic oxidation sites excluding steroid dienone is 1. The van der Waals surface area contributed by atoms with Gasteiger partial charge in [0.05, 0.1) is 52.0 Å². The summed E-state index contributed by atoms with van der Waals surface area (Å²) in [7, 11) is 1.58. The highest BCUT2D eigenvalue weighted by atomic mass is 16.5. The number of H-pyrrole nitrogens is 1. The number of aromatic amines is 1. The molecule has 8 rings (SSSR count). The number of carbonyl (C=O) groups is 1. The Morgan fingerprint density at radius 1 is 0.940 bits per heavy atom. The fourth-order valence-corrected chi connectivity index (χ4v) is 7.00. The minimum Gasteiger partial charge on any atom is -0.507 e. The van der Waals surface area contributed by atoms with Crippen LogP contribution in [0.3, 0.4) is 0 Å². The molecule has 250 valence electrons. The standard InChI is InChI=1S/C38H31N5O7/c1-19-31(44)29(25-15-14-24-35(39-25)42(37(48)40-36(24)47)17-16-21-10-12-23(49-4)13-11-21)33-30(32(19)45)38(3)27(50-33)18-26-28(34(38)46)20(2)41-43(26)22-8-6-5-7-9-22/h5-15,18,44-45H,16-17H2,1-4H3,(H,40,47,48)/t38-/m0/s1. The Kier molecular flexibility index (Phi) is 6.83. The van der Waals surface area contributed by atoms with Crippen LogP contribution in [0.4, 0.5) is 0 Å². The van der Waals surface area contributed by atoms with E-state index < -0.39 is 16.7 Å². The smallest absolute Gasteiger partial charge is 0.330 e. The van der Waals surface area contributed by atoms with Gasteiger partial charge in [0.1, 0.15) is 39.8 Å². The number of phenols is 2. The van der Waals surface area contributed by atoms with Gasteiger partial charge in [-0.05, 0) is 69.2 Å². The normalized spacial score (nSPS) is 16.1. The minimum atomic E-state index is -1.45. The number of pyridine rings is 1. The van der Waals surface area contributed by atoms with Crippen molar-refractivity contribution in [2.24, 2.45) is 0 Å². The number of methoxy groups -OCH3 is 1. The SMILES string of the molecule is COc1ccc(CCn2c(=O)[nH]c(=O)c3ccc(-c4c(O)c(C)c(O)c5c4OC4=Cc6c(c(C)nn6-c6ccccc6)C(=O)[C@@]45C)nc32)cc1. The number of phenolic OH excluding ortho intramolecular Hbond substituents is 2. The van der Waals surface area contributed by atoms with E-state index in [1.165, 1.54) is 23.6 Å². The second-order valence-corrected chi connectivity index (χ2v) is 12.6. The molecular formula is C38H31N5O7. The molecule has 0 bridgehead atoms. The summed E-state index contributed by atoms with van der Waals surface area (Å²) in [6.07, 6.45) is 2.19. The van der Waals surface area contributed by atoms with E-state index in [0.717, 1.165) is 11.3 Å². The van der Waals surface area contributed by atoms with Crippen molar-refractivity contribution >= 4 is 22.9 Å². The molecule has 0 fully saturated rings. The Hall–Kier alpha value is -6.43. The zero-order valence-corrected chi connectivity index (χ0v) is 27.6. The van der Waals surface area contributed by atoms with Gasteiger partial charge in [-0.1, -0.05) is 30.3 Å². The van der Waals surface area contributed by atoms with Gasteiger partial charge in [-0.3, -0.25) is 19.1 Å². The van der Waals surface area contributed by atoms with Crippen LogP contribution in [0, 0.1) is 13.8 Å². The van der Waals surface area contributed by atoms with Crippen LogP contribution in [0.15, 0.2) is 82.1 Å². The molecule has 0 radical (unpaired) electrons. The maximum Gasteiger partial charge on any atom is 0.330 e. The first-order chi connectivity index (χ1) is 24.0. The number of benzene rings is 3. The van der Waals surface area contributed by atoms with E-state index in [9.17, 15) is 24.6 Å². The summed E-state index contributed by atoms with van der Waals surface area (Å²) in [6.45, 7) is 5.17. The Morgan fingerprint density at radius 3 is 2.40 bits per heavy atom. The number of nitrogens with one attached hydrogen (secondary N) is 1.